The molecule has 0 aromatic rings. The van der Waals surface area contributed by atoms with Crippen molar-refractivity contribution in [3.8, 4) is 11.5 Å². The van der Waals surface area contributed by atoms with Crippen LogP contribution >= 0.6 is 0 Å². The van der Waals surface area contributed by atoms with Crippen molar-refractivity contribution in [1.29, 1.82) is 0 Å². The SMILES string of the molecule is CCCCC[C@H](O[Si](C)(C)C(C)(C)C)[C@H](O)C=CC=CC#C[Si](C)(C)C. The second kappa shape index (κ2) is 11.3. The number of unbranched alkanes of at least 4 members (excludes halogenated alkanes) is 2. The van der Waals surface area contributed by atoms with Gasteiger partial charge in [-0.25, -0.2) is 0 Å². The Kier molecular flexibility index (Phi) is 11.0. The molecule has 0 aromatic heterocycles. The molecule has 0 aliphatic carbocycles. The minimum atomic E-state index is -1.90. The summed E-state index contributed by atoms with van der Waals surface area (Å²) in [5, 5.41) is 10.8. The van der Waals surface area contributed by atoms with Crippen LogP contribution in [0.4, 0.5) is 0 Å². The van der Waals surface area contributed by atoms with Gasteiger partial charge in [-0.15, -0.1) is 5.54 Å². The molecular formula is C22H42O2Si2. The van der Waals surface area contributed by atoms with Gasteiger partial charge < -0.3 is 9.53 Å². The van der Waals surface area contributed by atoms with E-state index < -0.39 is 22.5 Å². The summed E-state index contributed by atoms with van der Waals surface area (Å²) in [6.45, 7) is 20.1. The summed E-state index contributed by atoms with van der Waals surface area (Å²) >= 11 is 0. The zero-order chi connectivity index (χ0) is 20.4. The molecule has 1 N–H and O–H groups in total. The smallest absolute Gasteiger partial charge is 0.192 e. The Hall–Kier alpha value is -0.606. The highest BCUT2D eigenvalue weighted by molar-refractivity contribution is 6.83. The normalized spacial score (nSPS) is 15.9. The zero-order valence-corrected chi connectivity index (χ0v) is 20.6. The number of allylic oxidation sites excluding steroid dienone is 3. The van der Waals surface area contributed by atoms with E-state index in [4.69, 9.17) is 4.43 Å². The molecule has 2 nitrogen and oxygen atoms in total. The maximum atomic E-state index is 10.7. The molecule has 150 valence electrons. The number of aliphatic hydroxyl groups is 1. The van der Waals surface area contributed by atoms with E-state index in [1.165, 1.54) is 12.8 Å². The molecule has 0 spiro atoms. The third kappa shape index (κ3) is 11.2. The highest BCUT2D eigenvalue weighted by Crippen LogP contribution is 2.38. The van der Waals surface area contributed by atoms with Crippen LogP contribution < -0.4 is 0 Å². The van der Waals surface area contributed by atoms with E-state index in [9.17, 15) is 5.11 Å². The zero-order valence-electron chi connectivity index (χ0n) is 18.6. The minimum Gasteiger partial charge on any atom is -0.411 e. The largest absolute Gasteiger partial charge is 0.411 e. The van der Waals surface area contributed by atoms with Crippen molar-refractivity contribution >= 4 is 16.4 Å². The quantitative estimate of drug-likeness (QED) is 0.215. The second-order valence-electron chi connectivity index (χ2n) is 9.67. The lowest BCUT2D eigenvalue weighted by Gasteiger charge is -2.40. The first-order valence-corrected chi connectivity index (χ1v) is 16.4. The summed E-state index contributed by atoms with van der Waals surface area (Å²) in [6.07, 6.45) is 11.2. The second-order valence-corrected chi connectivity index (χ2v) is 19.2. The third-order valence-corrected chi connectivity index (χ3v) is 10.2. The molecule has 2 atom stereocenters. The van der Waals surface area contributed by atoms with Gasteiger partial charge in [-0.1, -0.05) is 90.7 Å². The summed E-state index contributed by atoms with van der Waals surface area (Å²) in [7, 11) is -3.22. The molecular weight excluding hydrogens is 352 g/mol. The first-order valence-electron chi connectivity index (χ1n) is 10.0. The Morgan fingerprint density at radius 1 is 1.04 bits per heavy atom. The van der Waals surface area contributed by atoms with Crippen molar-refractivity contribution < 1.29 is 9.53 Å². The van der Waals surface area contributed by atoms with E-state index in [2.05, 4.69) is 71.9 Å². The highest BCUT2D eigenvalue weighted by atomic mass is 28.4. The lowest BCUT2D eigenvalue weighted by molar-refractivity contribution is 0.0495. The van der Waals surface area contributed by atoms with Crippen molar-refractivity contribution in [3.63, 3.8) is 0 Å². The summed E-state index contributed by atoms with van der Waals surface area (Å²) < 4.78 is 6.52. The van der Waals surface area contributed by atoms with Gasteiger partial charge in [-0.05, 0) is 30.6 Å². The van der Waals surface area contributed by atoms with E-state index in [0.29, 0.717) is 0 Å². The van der Waals surface area contributed by atoms with E-state index in [-0.39, 0.29) is 11.1 Å². The standard InChI is InChI=1S/C22H42O2Si2/c1-10-11-14-18-21(24-26(8,9)22(2,3)4)20(23)17-15-12-13-16-19-25(5,6)7/h12-13,15,17,20-21,23H,10-11,14,18H2,1-9H3/t20-,21+/m1/s1. The lowest BCUT2D eigenvalue weighted by Crippen LogP contribution is -2.46. The summed E-state index contributed by atoms with van der Waals surface area (Å²) in [4.78, 5) is 0. The van der Waals surface area contributed by atoms with Gasteiger partial charge >= 0.3 is 0 Å². The van der Waals surface area contributed by atoms with Crippen LogP contribution in [-0.2, 0) is 4.43 Å². The molecule has 0 amide bonds. The van der Waals surface area contributed by atoms with Gasteiger partial charge in [0.15, 0.2) is 8.32 Å². The molecule has 0 rings (SSSR count). The van der Waals surface area contributed by atoms with Crippen LogP contribution in [0.3, 0.4) is 0 Å². The maximum absolute atomic E-state index is 10.7. The number of aliphatic hydroxyl groups excluding tert-OH is 1. The van der Waals surface area contributed by atoms with Crippen LogP contribution in [0.5, 0.6) is 0 Å². The molecule has 0 saturated heterocycles. The number of hydrogen-bond acceptors (Lipinski definition) is 2. The first kappa shape index (κ1) is 25.4. The van der Waals surface area contributed by atoms with Crippen LogP contribution in [0, 0.1) is 11.5 Å². The van der Waals surface area contributed by atoms with Gasteiger partial charge in [0.25, 0.3) is 0 Å². The molecule has 0 saturated carbocycles. The van der Waals surface area contributed by atoms with E-state index in [1.54, 1.807) is 0 Å². The molecule has 0 radical (unpaired) electrons. The van der Waals surface area contributed by atoms with Crippen molar-refractivity contribution in [2.45, 2.75) is 103 Å². The average Bonchev–Trinajstić information content (AvgIpc) is 2.47. The minimum absolute atomic E-state index is 0.125. The van der Waals surface area contributed by atoms with E-state index in [0.717, 1.165) is 12.8 Å². The Balaban J connectivity index is 4.98. The number of rotatable bonds is 9. The molecule has 0 unspecified atom stereocenters. The van der Waals surface area contributed by atoms with Crippen molar-refractivity contribution in [1.82, 2.24) is 0 Å². The maximum Gasteiger partial charge on any atom is 0.192 e. The van der Waals surface area contributed by atoms with Crippen LogP contribution in [0.15, 0.2) is 24.3 Å². The summed E-state index contributed by atoms with van der Waals surface area (Å²) in [5.41, 5.74) is 3.30. The van der Waals surface area contributed by atoms with Gasteiger partial charge in [0.05, 0.1) is 12.2 Å². The van der Waals surface area contributed by atoms with Gasteiger partial charge in [0.2, 0.25) is 0 Å². The van der Waals surface area contributed by atoms with Crippen molar-refractivity contribution in [2.75, 3.05) is 0 Å². The molecule has 4 heteroatoms. The first-order chi connectivity index (χ1) is 11.8. The fourth-order valence-corrected chi connectivity index (χ4v) is 4.00. The van der Waals surface area contributed by atoms with Crippen molar-refractivity contribution in [3.05, 3.63) is 24.3 Å². The molecule has 0 bridgehead atoms. The van der Waals surface area contributed by atoms with E-state index >= 15 is 0 Å². The topological polar surface area (TPSA) is 29.5 Å². The van der Waals surface area contributed by atoms with Gasteiger partial charge in [0, 0.05) is 0 Å². The number of hydrogen-bond donors (Lipinski definition) is 1. The summed E-state index contributed by atoms with van der Waals surface area (Å²) in [5.74, 6) is 3.10. The van der Waals surface area contributed by atoms with Crippen molar-refractivity contribution in [2.24, 2.45) is 0 Å². The van der Waals surface area contributed by atoms with Gasteiger partial charge in [-0.3, -0.25) is 0 Å². The van der Waals surface area contributed by atoms with Crippen LogP contribution in [0.2, 0.25) is 37.8 Å². The van der Waals surface area contributed by atoms with Gasteiger partial charge in [0.1, 0.15) is 8.07 Å². The summed E-state index contributed by atoms with van der Waals surface area (Å²) in [6, 6.07) is 0. The molecule has 0 fully saturated rings. The highest BCUT2D eigenvalue weighted by Gasteiger charge is 2.40. The van der Waals surface area contributed by atoms with Gasteiger partial charge in [-0.2, -0.15) is 0 Å². The average molecular weight is 395 g/mol. The molecule has 0 aliphatic heterocycles. The predicted molar refractivity (Wildman–Crippen MR) is 122 cm³/mol. The fourth-order valence-electron chi connectivity index (χ4n) is 2.11. The third-order valence-electron chi connectivity index (χ3n) is 4.77. The predicted octanol–water partition coefficient (Wildman–Crippen LogP) is 6.31. The lowest BCUT2D eigenvalue weighted by atomic mass is 10.1. The Labute approximate surface area is 165 Å². The molecule has 0 aromatic carbocycles. The fraction of sp³-hybridized carbons (Fsp3) is 0.727. The Morgan fingerprint density at radius 3 is 2.15 bits per heavy atom. The Bertz CT molecular complexity index is 511. The van der Waals surface area contributed by atoms with E-state index in [1.807, 2.05) is 24.3 Å². The van der Waals surface area contributed by atoms with Crippen LogP contribution in [0.25, 0.3) is 0 Å². The monoisotopic (exact) mass is 394 g/mol. The van der Waals surface area contributed by atoms with Crippen LogP contribution in [0.1, 0.15) is 53.4 Å². The molecule has 26 heavy (non-hydrogen) atoms. The Morgan fingerprint density at radius 2 is 1.65 bits per heavy atom. The molecule has 0 heterocycles. The van der Waals surface area contributed by atoms with Crippen LogP contribution in [-0.4, -0.2) is 33.7 Å². The molecule has 0 aliphatic rings.